The lowest BCUT2D eigenvalue weighted by molar-refractivity contribution is 0.101. The van der Waals surface area contributed by atoms with Crippen molar-refractivity contribution in [1.29, 1.82) is 0 Å². The Morgan fingerprint density at radius 3 is 1.79 bits per heavy atom. The number of piperazine rings is 1. The first-order valence-electron chi connectivity index (χ1n) is 11.5. The van der Waals surface area contributed by atoms with Gasteiger partial charge in [0.25, 0.3) is 0 Å². The third kappa shape index (κ3) is 4.14. The van der Waals surface area contributed by atoms with Gasteiger partial charge in [0.1, 0.15) is 0 Å². The summed E-state index contributed by atoms with van der Waals surface area (Å²) in [6.45, 7) is 3.69. The van der Waals surface area contributed by atoms with Crippen molar-refractivity contribution in [2.24, 2.45) is 0 Å². The molecule has 33 heavy (non-hydrogen) atoms. The standard InChI is InChI=1S/C27H28N2O3S/c1-20(30)21-12-14-24(15-13-21)33(31,32)29-18-16-28(17-19-29)27-25-8-4-2-6-22(25)10-11-23-7-3-5-9-26(23)27/h2-9,12-15,27H,10-11,16-19H2,1H3. The lowest BCUT2D eigenvalue weighted by atomic mass is 9.93. The van der Waals surface area contributed by atoms with E-state index >= 15 is 0 Å². The number of sulfonamides is 1. The van der Waals surface area contributed by atoms with Crippen LogP contribution >= 0.6 is 0 Å². The summed E-state index contributed by atoms with van der Waals surface area (Å²) in [5.74, 6) is -0.0727. The zero-order valence-electron chi connectivity index (χ0n) is 18.8. The third-order valence-electron chi connectivity index (χ3n) is 6.90. The van der Waals surface area contributed by atoms with Crippen LogP contribution in [0.1, 0.15) is 45.6 Å². The number of nitrogens with zero attached hydrogens (tertiary/aromatic N) is 2. The molecule has 1 aliphatic carbocycles. The van der Waals surface area contributed by atoms with Gasteiger partial charge in [0, 0.05) is 31.7 Å². The Labute approximate surface area is 195 Å². The van der Waals surface area contributed by atoms with Crippen LogP contribution in [0.2, 0.25) is 0 Å². The van der Waals surface area contributed by atoms with Crippen LogP contribution in [0, 0.1) is 0 Å². The molecule has 0 saturated carbocycles. The second kappa shape index (κ2) is 8.86. The molecule has 0 spiro atoms. The number of fused-ring (bicyclic) bond motifs is 2. The monoisotopic (exact) mass is 460 g/mol. The molecule has 0 unspecified atom stereocenters. The lowest BCUT2D eigenvalue weighted by Crippen LogP contribution is -2.49. The van der Waals surface area contributed by atoms with Gasteiger partial charge in [-0.05, 0) is 54.2 Å². The summed E-state index contributed by atoms with van der Waals surface area (Å²) < 4.78 is 28.0. The SMILES string of the molecule is CC(=O)c1ccc(S(=O)(=O)N2CCN(C3c4ccccc4CCc4ccccc43)CC2)cc1. The van der Waals surface area contributed by atoms with E-state index in [0.29, 0.717) is 31.7 Å². The summed E-state index contributed by atoms with van der Waals surface area (Å²) in [4.78, 5) is 14.2. The maximum absolute atomic E-state index is 13.2. The van der Waals surface area contributed by atoms with Crippen molar-refractivity contribution in [1.82, 2.24) is 9.21 Å². The van der Waals surface area contributed by atoms with Crippen molar-refractivity contribution in [3.63, 3.8) is 0 Å². The fraction of sp³-hybridized carbons (Fsp3) is 0.296. The Morgan fingerprint density at radius 1 is 0.758 bits per heavy atom. The number of hydrogen-bond acceptors (Lipinski definition) is 4. The Hall–Kier alpha value is -2.80. The van der Waals surface area contributed by atoms with E-state index in [-0.39, 0.29) is 16.7 Å². The average molecular weight is 461 g/mol. The first kappa shape index (κ1) is 22.0. The minimum atomic E-state index is -3.59. The van der Waals surface area contributed by atoms with Gasteiger partial charge in [-0.1, -0.05) is 60.7 Å². The van der Waals surface area contributed by atoms with E-state index < -0.39 is 10.0 Å². The molecule has 5 rings (SSSR count). The number of carbonyl (C=O) groups is 1. The number of ketones is 1. The normalized spacial score (nSPS) is 17.7. The van der Waals surface area contributed by atoms with Gasteiger partial charge >= 0.3 is 0 Å². The van der Waals surface area contributed by atoms with Crippen molar-refractivity contribution < 1.29 is 13.2 Å². The van der Waals surface area contributed by atoms with Crippen LogP contribution in [0.5, 0.6) is 0 Å². The van der Waals surface area contributed by atoms with Gasteiger partial charge in [-0.2, -0.15) is 4.31 Å². The molecule has 0 atom stereocenters. The van der Waals surface area contributed by atoms with Crippen LogP contribution in [-0.2, 0) is 22.9 Å². The molecule has 6 heteroatoms. The predicted octanol–water partition coefficient (Wildman–Crippen LogP) is 4.08. The summed E-state index contributed by atoms with van der Waals surface area (Å²) in [6, 6.07) is 23.7. The molecular weight excluding hydrogens is 432 g/mol. The van der Waals surface area contributed by atoms with Gasteiger partial charge in [-0.15, -0.1) is 0 Å². The van der Waals surface area contributed by atoms with E-state index in [0.717, 1.165) is 12.8 Å². The van der Waals surface area contributed by atoms with Crippen LogP contribution in [-0.4, -0.2) is 49.6 Å². The van der Waals surface area contributed by atoms with Crippen molar-refractivity contribution in [3.05, 3.63) is 101 Å². The molecule has 0 radical (unpaired) electrons. The third-order valence-corrected chi connectivity index (χ3v) is 8.81. The second-order valence-corrected chi connectivity index (χ2v) is 10.8. The Balaban J connectivity index is 1.40. The molecule has 3 aromatic carbocycles. The minimum absolute atomic E-state index is 0.0727. The number of hydrogen-bond donors (Lipinski definition) is 0. The number of benzene rings is 3. The lowest BCUT2D eigenvalue weighted by Gasteiger charge is -2.39. The molecule has 3 aromatic rings. The molecule has 5 nitrogen and oxygen atoms in total. The van der Waals surface area contributed by atoms with Crippen molar-refractivity contribution in [3.8, 4) is 0 Å². The van der Waals surface area contributed by atoms with E-state index in [1.807, 2.05) is 0 Å². The number of rotatable bonds is 4. The summed E-state index contributed by atoms with van der Waals surface area (Å²) in [6.07, 6.45) is 2.04. The fourth-order valence-electron chi connectivity index (χ4n) is 5.10. The van der Waals surface area contributed by atoms with Gasteiger partial charge < -0.3 is 0 Å². The average Bonchev–Trinajstić information content (AvgIpc) is 3.01. The van der Waals surface area contributed by atoms with E-state index in [1.165, 1.54) is 41.3 Å². The summed E-state index contributed by atoms with van der Waals surface area (Å²) in [5.41, 5.74) is 5.93. The highest BCUT2D eigenvalue weighted by atomic mass is 32.2. The predicted molar refractivity (Wildman–Crippen MR) is 129 cm³/mol. The smallest absolute Gasteiger partial charge is 0.243 e. The van der Waals surface area contributed by atoms with Crippen molar-refractivity contribution >= 4 is 15.8 Å². The largest absolute Gasteiger partial charge is 0.295 e. The van der Waals surface area contributed by atoms with Gasteiger partial charge in [0.05, 0.1) is 10.9 Å². The second-order valence-electron chi connectivity index (χ2n) is 8.82. The van der Waals surface area contributed by atoms with E-state index in [2.05, 4.69) is 53.4 Å². The summed E-state index contributed by atoms with van der Waals surface area (Å²) in [5, 5.41) is 0. The van der Waals surface area contributed by atoms with Crippen molar-refractivity contribution in [2.45, 2.75) is 30.7 Å². The summed E-state index contributed by atoms with van der Waals surface area (Å²) >= 11 is 0. The highest BCUT2D eigenvalue weighted by molar-refractivity contribution is 7.89. The zero-order valence-corrected chi connectivity index (χ0v) is 19.6. The Bertz CT molecular complexity index is 1230. The van der Waals surface area contributed by atoms with E-state index in [1.54, 1.807) is 16.4 Å². The first-order valence-corrected chi connectivity index (χ1v) is 12.9. The fourth-order valence-corrected chi connectivity index (χ4v) is 6.52. The molecular formula is C27H28N2O3S. The molecule has 0 bridgehead atoms. The van der Waals surface area contributed by atoms with Crippen molar-refractivity contribution in [2.75, 3.05) is 26.2 Å². The maximum atomic E-state index is 13.2. The number of aryl methyl sites for hydroxylation is 2. The van der Waals surface area contributed by atoms with Gasteiger partial charge in [-0.3, -0.25) is 9.69 Å². The van der Waals surface area contributed by atoms with Gasteiger partial charge in [0.15, 0.2) is 5.78 Å². The highest BCUT2D eigenvalue weighted by Crippen LogP contribution is 2.37. The molecule has 0 aromatic heterocycles. The quantitative estimate of drug-likeness (QED) is 0.551. The van der Waals surface area contributed by atoms with E-state index in [9.17, 15) is 13.2 Å². The van der Waals surface area contributed by atoms with E-state index in [4.69, 9.17) is 0 Å². The van der Waals surface area contributed by atoms with Crippen LogP contribution in [0.4, 0.5) is 0 Å². The Kier molecular flexibility index (Phi) is 5.91. The van der Waals surface area contributed by atoms with Gasteiger partial charge in [-0.25, -0.2) is 8.42 Å². The molecule has 1 aliphatic heterocycles. The molecule has 0 amide bonds. The van der Waals surface area contributed by atoms with Crippen LogP contribution < -0.4 is 0 Å². The molecule has 1 fully saturated rings. The minimum Gasteiger partial charge on any atom is -0.295 e. The number of Topliss-reactive ketones (excluding diaryl/α,β-unsaturated/α-hetero) is 1. The first-order chi connectivity index (χ1) is 15.9. The molecule has 0 N–H and O–H groups in total. The van der Waals surface area contributed by atoms with Crippen LogP contribution in [0.15, 0.2) is 77.7 Å². The number of carbonyl (C=O) groups excluding carboxylic acids is 1. The maximum Gasteiger partial charge on any atom is 0.243 e. The van der Waals surface area contributed by atoms with Crippen LogP contribution in [0.25, 0.3) is 0 Å². The topological polar surface area (TPSA) is 57.7 Å². The zero-order chi connectivity index (χ0) is 23.0. The molecule has 1 saturated heterocycles. The highest BCUT2D eigenvalue weighted by Gasteiger charge is 2.34. The molecule has 170 valence electrons. The Morgan fingerprint density at radius 2 is 1.27 bits per heavy atom. The molecule has 2 aliphatic rings. The summed E-state index contributed by atoms with van der Waals surface area (Å²) in [7, 11) is -3.59. The molecule has 1 heterocycles. The van der Waals surface area contributed by atoms with Crippen LogP contribution in [0.3, 0.4) is 0 Å². The van der Waals surface area contributed by atoms with Gasteiger partial charge in [0.2, 0.25) is 10.0 Å².